The highest BCUT2D eigenvalue weighted by Gasteiger charge is 2.05. The van der Waals surface area contributed by atoms with Crippen molar-refractivity contribution in [3.8, 4) is 0 Å². The topological polar surface area (TPSA) is 38.0 Å². The molecule has 2 atom stereocenters. The Hall–Kier alpha value is -0.830. The number of aryl methyl sites for hydroxylation is 1. The summed E-state index contributed by atoms with van der Waals surface area (Å²) in [5.74, 6) is 0. The molecule has 0 amide bonds. The largest absolute Gasteiger partial charge is 0.393 e. The fourth-order valence-corrected chi connectivity index (χ4v) is 1.67. The quantitative estimate of drug-likeness (QED) is 0.773. The first kappa shape index (κ1) is 13.2. The molecule has 0 saturated carbocycles. The summed E-state index contributed by atoms with van der Waals surface area (Å²) in [5, 5.41) is 14.0. The van der Waals surface area contributed by atoms with E-state index in [9.17, 15) is 5.11 Å². The van der Waals surface area contributed by atoms with E-state index in [4.69, 9.17) is 0 Å². The van der Waals surface area contributed by atoms with Crippen molar-refractivity contribution in [1.29, 1.82) is 0 Å². The molecule has 3 nitrogen and oxygen atoms in total. The van der Waals surface area contributed by atoms with Crippen molar-refractivity contribution in [3.63, 3.8) is 0 Å². The van der Waals surface area contributed by atoms with Crippen molar-refractivity contribution >= 4 is 0 Å². The van der Waals surface area contributed by atoms with Crippen LogP contribution in [0.4, 0.5) is 0 Å². The third-order valence-corrected chi connectivity index (χ3v) is 3.15. The fourth-order valence-electron chi connectivity index (χ4n) is 1.67. The zero-order chi connectivity index (χ0) is 12.0. The van der Waals surface area contributed by atoms with E-state index in [1.54, 1.807) is 0 Å². The van der Waals surface area contributed by atoms with E-state index in [2.05, 4.69) is 31.2 Å². The van der Waals surface area contributed by atoms with E-state index >= 15 is 0 Å². The highest BCUT2D eigenvalue weighted by molar-refractivity contribution is 4.99. The first-order valence-electron chi connectivity index (χ1n) is 6.39. The number of hydrogen-bond acceptors (Lipinski definition) is 2. The van der Waals surface area contributed by atoms with Gasteiger partial charge >= 0.3 is 0 Å². The monoisotopic (exact) mass is 224 g/mol. The van der Waals surface area contributed by atoms with Gasteiger partial charge in [0.2, 0.25) is 0 Å². The van der Waals surface area contributed by atoms with Gasteiger partial charge in [0.1, 0.15) is 0 Å². The van der Waals surface area contributed by atoms with Crippen molar-refractivity contribution in [1.82, 2.24) is 9.78 Å². The van der Waals surface area contributed by atoms with Gasteiger partial charge in [0.05, 0.1) is 11.8 Å². The zero-order valence-corrected chi connectivity index (χ0v) is 10.7. The van der Waals surface area contributed by atoms with Crippen molar-refractivity contribution in [3.05, 3.63) is 18.0 Å². The number of hydrogen-bond donors (Lipinski definition) is 1. The summed E-state index contributed by atoms with van der Waals surface area (Å²) in [5.41, 5.74) is 1.14. The Morgan fingerprint density at radius 2 is 2.12 bits per heavy atom. The molecule has 0 aliphatic heterocycles. The molecular weight excluding hydrogens is 200 g/mol. The second kappa shape index (κ2) is 6.69. The summed E-state index contributed by atoms with van der Waals surface area (Å²) in [6, 6.07) is 2.57. The molecule has 1 N–H and O–H groups in total. The molecule has 16 heavy (non-hydrogen) atoms. The second-order valence-electron chi connectivity index (χ2n) is 4.50. The van der Waals surface area contributed by atoms with Crippen LogP contribution in [0.5, 0.6) is 0 Å². The Morgan fingerprint density at radius 3 is 2.75 bits per heavy atom. The van der Waals surface area contributed by atoms with E-state index in [0.717, 1.165) is 37.8 Å². The SMILES string of the molecule is CCC(O)CCCc1ccn(C(C)CC)n1. The molecule has 1 rings (SSSR count). The van der Waals surface area contributed by atoms with Crippen LogP contribution in [0, 0.1) is 0 Å². The Kier molecular flexibility index (Phi) is 5.53. The zero-order valence-electron chi connectivity index (χ0n) is 10.7. The number of nitrogens with zero attached hydrogens (tertiary/aromatic N) is 2. The summed E-state index contributed by atoms with van der Waals surface area (Å²) in [4.78, 5) is 0. The minimum absolute atomic E-state index is 0.142. The lowest BCUT2D eigenvalue weighted by molar-refractivity contribution is 0.157. The van der Waals surface area contributed by atoms with Gasteiger partial charge in [0, 0.05) is 12.2 Å². The molecule has 0 bridgehead atoms. The van der Waals surface area contributed by atoms with E-state index in [1.807, 2.05) is 11.6 Å². The Balaban J connectivity index is 2.35. The highest BCUT2D eigenvalue weighted by Crippen LogP contribution is 2.11. The standard InChI is InChI=1S/C13H24N2O/c1-4-11(3)15-10-9-12(14-15)7-6-8-13(16)5-2/h9-11,13,16H,4-8H2,1-3H3. The molecular formula is C13H24N2O. The van der Waals surface area contributed by atoms with Crippen LogP contribution in [-0.4, -0.2) is 21.0 Å². The van der Waals surface area contributed by atoms with Crippen LogP contribution in [0.25, 0.3) is 0 Å². The molecule has 0 aromatic carbocycles. The van der Waals surface area contributed by atoms with Crippen molar-refractivity contribution in [2.45, 2.75) is 65.0 Å². The van der Waals surface area contributed by atoms with Gasteiger partial charge in [-0.15, -0.1) is 0 Å². The average Bonchev–Trinajstić information content (AvgIpc) is 2.76. The van der Waals surface area contributed by atoms with Gasteiger partial charge < -0.3 is 5.11 Å². The highest BCUT2D eigenvalue weighted by atomic mass is 16.3. The summed E-state index contributed by atoms with van der Waals surface area (Å²) >= 11 is 0. The molecule has 0 aliphatic rings. The molecule has 2 unspecified atom stereocenters. The maximum absolute atomic E-state index is 9.44. The van der Waals surface area contributed by atoms with Crippen molar-refractivity contribution in [2.75, 3.05) is 0 Å². The molecule has 1 aromatic rings. The van der Waals surface area contributed by atoms with Gasteiger partial charge in [0.15, 0.2) is 0 Å². The number of rotatable bonds is 7. The van der Waals surface area contributed by atoms with Gasteiger partial charge in [-0.3, -0.25) is 4.68 Å². The third kappa shape index (κ3) is 3.97. The first-order chi connectivity index (χ1) is 7.67. The van der Waals surface area contributed by atoms with Crippen molar-refractivity contribution < 1.29 is 5.11 Å². The molecule has 92 valence electrons. The van der Waals surface area contributed by atoms with Crippen LogP contribution >= 0.6 is 0 Å². The van der Waals surface area contributed by atoms with E-state index in [1.165, 1.54) is 0 Å². The molecule has 0 fully saturated rings. The molecule has 1 aromatic heterocycles. The van der Waals surface area contributed by atoms with Gasteiger partial charge in [-0.2, -0.15) is 5.10 Å². The lowest BCUT2D eigenvalue weighted by atomic mass is 10.1. The maximum atomic E-state index is 9.44. The molecule has 0 saturated heterocycles. The molecule has 0 radical (unpaired) electrons. The average molecular weight is 224 g/mol. The lowest BCUT2D eigenvalue weighted by Crippen LogP contribution is -2.06. The number of aromatic nitrogens is 2. The summed E-state index contributed by atoms with van der Waals surface area (Å²) in [6.45, 7) is 6.36. The van der Waals surface area contributed by atoms with Gasteiger partial charge in [-0.05, 0) is 45.1 Å². The lowest BCUT2D eigenvalue weighted by Gasteiger charge is -2.08. The van der Waals surface area contributed by atoms with Crippen LogP contribution in [0.15, 0.2) is 12.3 Å². The first-order valence-corrected chi connectivity index (χ1v) is 6.39. The fraction of sp³-hybridized carbons (Fsp3) is 0.769. The van der Waals surface area contributed by atoms with E-state index < -0.39 is 0 Å². The van der Waals surface area contributed by atoms with E-state index in [0.29, 0.717) is 6.04 Å². The van der Waals surface area contributed by atoms with Crippen LogP contribution in [-0.2, 0) is 6.42 Å². The second-order valence-corrected chi connectivity index (χ2v) is 4.50. The van der Waals surface area contributed by atoms with Gasteiger partial charge in [-0.25, -0.2) is 0 Å². The Bertz CT molecular complexity index is 296. The minimum Gasteiger partial charge on any atom is -0.393 e. The predicted molar refractivity (Wildman–Crippen MR) is 66.5 cm³/mol. The van der Waals surface area contributed by atoms with Crippen LogP contribution in [0.1, 0.15) is 58.2 Å². The van der Waals surface area contributed by atoms with Crippen molar-refractivity contribution in [2.24, 2.45) is 0 Å². The summed E-state index contributed by atoms with van der Waals surface area (Å²) in [6.07, 6.45) is 6.74. The van der Waals surface area contributed by atoms with E-state index in [-0.39, 0.29) is 6.10 Å². The minimum atomic E-state index is -0.142. The molecule has 0 spiro atoms. The Labute approximate surface area is 98.5 Å². The third-order valence-electron chi connectivity index (χ3n) is 3.15. The Morgan fingerprint density at radius 1 is 1.38 bits per heavy atom. The predicted octanol–water partition coefficient (Wildman–Crippen LogP) is 2.95. The van der Waals surface area contributed by atoms with Crippen LogP contribution in [0.2, 0.25) is 0 Å². The number of aliphatic hydroxyl groups is 1. The van der Waals surface area contributed by atoms with Gasteiger partial charge in [-0.1, -0.05) is 13.8 Å². The summed E-state index contributed by atoms with van der Waals surface area (Å²) in [7, 11) is 0. The summed E-state index contributed by atoms with van der Waals surface area (Å²) < 4.78 is 2.03. The van der Waals surface area contributed by atoms with Crippen LogP contribution < -0.4 is 0 Å². The van der Waals surface area contributed by atoms with Crippen LogP contribution in [0.3, 0.4) is 0 Å². The molecule has 0 aliphatic carbocycles. The molecule has 3 heteroatoms. The number of aliphatic hydroxyl groups excluding tert-OH is 1. The maximum Gasteiger partial charge on any atom is 0.0624 e. The molecule has 1 heterocycles. The normalized spacial score (nSPS) is 15.0. The van der Waals surface area contributed by atoms with Gasteiger partial charge in [0.25, 0.3) is 0 Å². The smallest absolute Gasteiger partial charge is 0.0624 e.